The molecule has 0 N–H and O–H groups in total. The number of carbonyl (C=O) groups is 2. The number of piperazine rings is 1. The highest BCUT2D eigenvalue weighted by Gasteiger charge is 2.43. The van der Waals surface area contributed by atoms with Crippen LogP contribution in [-0.4, -0.2) is 58.7 Å². The van der Waals surface area contributed by atoms with Gasteiger partial charge >= 0.3 is 0 Å². The molecule has 1 aliphatic carbocycles. The summed E-state index contributed by atoms with van der Waals surface area (Å²) in [5, 5.41) is 9.04. The summed E-state index contributed by atoms with van der Waals surface area (Å²) in [5.41, 5.74) is 4.09. The molecule has 1 aromatic carbocycles. The molecule has 5 rings (SSSR count). The fraction of sp³-hybridized carbons (Fsp3) is 0.440. The summed E-state index contributed by atoms with van der Waals surface area (Å²) >= 11 is 0. The lowest BCUT2D eigenvalue weighted by atomic mass is 9.84. The SMILES string of the molecule is CC1=C=C(OCc2ccc(F)c(C#N)c2)C=C2N(CC3CN(C(=O)C4CCC4)CCN23)C1=O. The molecule has 0 radical (unpaired) electrons. The quantitative estimate of drug-likeness (QED) is 0.662. The minimum absolute atomic E-state index is 0.0367. The summed E-state index contributed by atoms with van der Waals surface area (Å²) in [7, 11) is 0. The first kappa shape index (κ1) is 21.3. The maximum atomic E-state index is 13.6. The highest BCUT2D eigenvalue weighted by molar-refractivity contribution is 5.94. The van der Waals surface area contributed by atoms with Crippen molar-refractivity contribution in [3.05, 3.63) is 64.1 Å². The molecular formula is C25H25FN4O3. The van der Waals surface area contributed by atoms with Gasteiger partial charge < -0.3 is 14.5 Å². The highest BCUT2D eigenvalue weighted by atomic mass is 19.1. The van der Waals surface area contributed by atoms with E-state index in [0.717, 1.165) is 25.1 Å². The molecule has 3 heterocycles. The fourth-order valence-corrected chi connectivity index (χ4v) is 4.81. The molecule has 2 amide bonds. The predicted molar refractivity (Wildman–Crippen MR) is 116 cm³/mol. The van der Waals surface area contributed by atoms with Crippen LogP contribution in [0.2, 0.25) is 0 Å². The molecule has 3 fully saturated rings. The topological polar surface area (TPSA) is 76.9 Å². The number of hydrogen-bond acceptors (Lipinski definition) is 5. The maximum Gasteiger partial charge on any atom is 0.263 e. The van der Waals surface area contributed by atoms with Gasteiger partial charge in [0.2, 0.25) is 5.91 Å². The lowest BCUT2D eigenvalue weighted by Crippen LogP contribution is -2.54. The largest absolute Gasteiger partial charge is 0.481 e. The van der Waals surface area contributed by atoms with Crippen molar-refractivity contribution >= 4 is 11.8 Å². The van der Waals surface area contributed by atoms with Crippen LogP contribution >= 0.6 is 0 Å². The average molecular weight is 448 g/mol. The van der Waals surface area contributed by atoms with Crippen LogP contribution in [-0.2, 0) is 20.9 Å². The summed E-state index contributed by atoms with van der Waals surface area (Å²) in [6, 6.07) is 6.15. The molecular weight excluding hydrogens is 423 g/mol. The van der Waals surface area contributed by atoms with E-state index in [0.29, 0.717) is 43.1 Å². The van der Waals surface area contributed by atoms with Gasteiger partial charge in [-0.25, -0.2) is 4.39 Å². The number of carbonyl (C=O) groups excluding carboxylic acids is 2. The van der Waals surface area contributed by atoms with Crippen LogP contribution in [0.5, 0.6) is 0 Å². The standard InChI is InChI=1S/C25H25FN4O3/c1-16-9-21(33-15-17-5-6-22(26)19(10-17)12-27)11-23-29-8-7-28(25(32)18-3-2-4-18)13-20(29)14-30(23)24(16)31/h5-6,10-11,18,20H,2-4,7-8,13-15H2,1H3. The van der Waals surface area contributed by atoms with Crippen LogP contribution in [0.4, 0.5) is 4.39 Å². The zero-order valence-electron chi connectivity index (χ0n) is 18.5. The Bertz CT molecular complexity index is 1160. The van der Waals surface area contributed by atoms with Gasteiger partial charge in [-0.1, -0.05) is 18.2 Å². The smallest absolute Gasteiger partial charge is 0.263 e. The number of rotatable bonds is 4. The van der Waals surface area contributed by atoms with E-state index in [-0.39, 0.29) is 35.9 Å². The number of benzene rings is 1. The number of amides is 2. The lowest BCUT2D eigenvalue weighted by Gasteiger charge is -2.40. The van der Waals surface area contributed by atoms with Gasteiger partial charge in [-0.3, -0.25) is 14.5 Å². The van der Waals surface area contributed by atoms with Gasteiger partial charge in [0.25, 0.3) is 5.91 Å². The van der Waals surface area contributed by atoms with E-state index in [1.165, 1.54) is 12.1 Å². The van der Waals surface area contributed by atoms with Gasteiger partial charge in [0, 0.05) is 38.2 Å². The number of halogens is 1. The molecule has 0 spiro atoms. The highest BCUT2D eigenvalue weighted by Crippen LogP contribution is 2.34. The van der Waals surface area contributed by atoms with Gasteiger partial charge in [-0.2, -0.15) is 5.26 Å². The van der Waals surface area contributed by atoms with E-state index in [1.54, 1.807) is 17.9 Å². The Morgan fingerprint density at radius 1 is 1.30 bits per heavy atom. The van der Waals surface area contributed by atoms with Crippen LogP contribution in [0.1, 0.15) is 37.3 Å². The zero-order valence-corrected chi connectivity index (χ0v) is 18.5. The van der Waals surface area contributed by atoms with E-state index in [9.17, 15) is 14.0 Å². The minimum atomic E-state index is -0.569. The van der Waals surface area contributed by atoms with Crippen molar-refractivity contribution < 1.29 is 18.7 Å². The third-order valence-electron chi connectivity index (χ3n) is 6.90. The van der Waals surface area contributed by atoms with Gasteiger partial charge in [0.1, 0.15) is 24.3 Å². The third-order valence-corrected chi connectivity index (χ3v) is 6.90. The number of hydrogen-bond donors (Lipinski definition) is 0. The van der Waals surface area contributed by atoms with Crippen molar-refractivity contribution in [1.29, 1.82) is 5.26 Å². The zero-order chi connectivity index (χ0) is 23.1. The Labute approximate surface area is 192 Å². The molecule has 7 nitrogen and oxygen atoms in total. The van der Waals surface area contributed by atoms with Crippen LogP contribution in [0.25, 0.3) is 0 Å². The van der Waals surface area contributed by atoms with Crippen LogP contribution in [0.3, 0.4) is 0 Å². The first-order valence-corrected chi connectivity index (χ1v) is 11.3. The van der Waals surface area contributed by atoms with E-state index >= 15 is 0 Å². The second-order valence-electron chi connectivity index (χ2n) is 9.01. The Morgan fingerprint density at radius 2 is 2.12 bits per heavy atom. The molecule has 2 saturated heterocycles. The predicted octanol–water partition coefficient (Wildman–Crippen LogP) is 2.65. The maximum absolute atomic E-state index is 13.6. The van der Waals surface area contributed by atoms with Gasteiger partial charge in [-0.15, -0.1) is 0 Å². The molecule has 4 aliphatic rings. The fourth-order valence-electron chi connectivity index (χ4n) is 4.81. The van der Waals surface area contributed by atoms with Crippen molar-refractivity contribution in [1.82, 2.24) is 14.7 Å². The number of nitriles is 1. The second-order valence-corrected chi connectivity index (χ2v) is 9.01. The van der Waals surface area contributed by atoms with Crippen molar-refractivity contribution in [2.24, 2.45) is 5.92 Å². The van der Waals surface area contributed by atoms with Crippen molar-refractivity contribution in [3.63, 3.8) is 0 Å². The lowest BCUT2D eigenvalue weighted by molar-refractivity contribution is -0.140. The molecule has 0 bridgehead atoms. The summed E-state index contributed by atoms with van der Waals surface area (Å²) < 4.78 is 19.5. The van der Waals surface area contributed by atoms with Gasteiger partial charge in [0.05, 0.1) is 17.2 Å². The summed E-state index contributed by atoms with van der Waals surface area (Å²) in [4.78, 5) is 31.6. The minimum Gasteiger partial charge on any atom is -0.481 e. The number of nitrogens with zero attached hydrogens (tertiary/aromatic N) is 4. The second kappa shape index (κ2) is 8.42. The molecule has 3 aliphatic heterocycles. The van der Waals surface area contributed by atoms with E-state index < -0.39 is 5.82 Å². The van der Waals surface area contributed by atoms with Crippen molar-refractivity contribution in [2.75, 3.05) is 26.2 Å². The Kier molecular flexibility index (Phi) is 5.43. The summed E-state index contributed by atoms with van der Waals surface area (Å²) in [6.07, 6.45) is 4.91. The molecule has 33 heavy (non-hydrogen) atoms. The first-order chi connectivity index (χ1) is 15.9. The molecule has 1 atom stereocenters. The first-order valence-electron chi connectivity index (χ1n) is 11.3. The van der Waals surface area contributed by atoms with E-state index in [2.05, 4.69) is 10.6 Å². The third kappa shape index (κ3) is 3.90. The van der Waals surface area contributed by atoms with Crippen LogP contribution < -0.4 is 0 Å². The number of fused-ring (bicyclic) bond motifs is 3. The monoisotopic (exact) mass is 448 g/mol. The molecule has 170 valence electrons. The van der Waals surface area contributed by atoms with E-state index in [4.69, 9.17) is 10.00 Å². The van der Waals surface area contributed by atoms with Gasteiger partial charge in [-0.05, 0) is 37.5 Å². The Balaban J connectivity index is 1.34. The molecule has 1 unspecified atom stereocenters. The summed E-state index contributed by atoms with van der Waals surface area (Å²) in [6.45, 7) is 4.27. The van der Waals surface area contributed by atoms with Crippen molar-refractivity contribution in [3.8, 4) is 6.07 Å². The van der Waals surface area contributed by atoms with Crippen molar-refractivity contribution in [2.45, 2.75) is 38.8 Å². The van der Waals surface area contributed by atoms with Crippen LogP contribution in [0.15, 0.2) is 47.2 Å². The Hall–Kier alpha value is -3.56. The van der Waals surface area contributed by atoms with Crippen LogP contribution in [0, 0.1) is 23.1 Å². The average Bonchev–Trinajstić information content (AvgIpc) is 3.08. The van der Waals surface area contributed by atoms with E-state index in [1.807, 2.05) is 17.0 Å². The van der Waals surface area contributed by atoms with Gasteiger partial charge in [0.15, 0.2) is 5.76 Å². The Morgan fingerprint density at radius 3 is 2.85 bits per heavy atom. The normalized spacial score (nSPS) is 22.3. The molecule has 1 aromatic rings. The number of ether oxygens (including phenoxy) is 1. The molecule has 0 aromatic heterocycles. The summed E-state index contributed by atoms with van der Waals surface area (Å²) in [5.74, 6) is 0.900. The molecule has 8 heteroatoms. The molecule has 1 saturated carbocycles.